The Morgan fingerprint density at radius 2 is 2.19 bits per heavy atom. The van der Waals surface area contributed by atoms with Gasteiger partial charge in [0.05, 0.1) is 18.8 Å². The molecular weight excluding hydrogens is 266 g/mol. The summed E-state index contributed by atoms with van der Waals surface area (Å²) in [5, 5.41) is 0. The summed E-state index contributed by atoms with van der Waals surface area (Å²) in [6.45, 7) is 11.9. The van der Waals surface area contributed by atoms with Crippen molar-refractivity contribution >= 4 is 11.7 Å². The normalized spacial score (nSPS) is 14.9. The monoisotopic (exact) mass is 289 g/mol. The third kappa shape index (κ3) is 3.82. The molecule has 2 rings (SSSR count). The third-order valence-electron chi connectivity index (χ3n) is 3.46. The molecule has 0 unspecified atom stereocenters. The zero-order chi connectivity index (χ0) is 15.2. The second-order valence-corrected chi connectivity index (χ2v) is 5.25. The number of hydrogen-bond acceptors (Lipinski definition) is 4. The van der Waals surface area contributed by atoms with Gasteiger partial charge in [-0.25, -0.2) is 4.98 Å². The Bertz CT molecular complexity index is 510. The maximum Gasteiger partial charge on any atom is 0.257 e. The van der Waals surface area contributed by atoms with E-state index >= 15 is 0 Å². The molecule has 0 aromatic carbocycles. The lowest BCUT2D eigenvalue weighted by Crippen LogP contribution is -2.39. The van der Waals surface area contributed by atoms with Gasteiger partial charge in [0.25, 0.3) is 5.91 Å². The van der Waals surface area contributed by atoms with Crippen molar-refractivity contribution in [2.75, 3.05) is 44.3 Å². The number of morpholine rings is 1. The molecule has 1 aliphatic rings. The Morgan fingerprint density at radius 1 is 1.48 bits per heavy atom. The Kier molecular flexibility index (Phi) is 5.33. The lowest BCUT2D eigenvalue weighted by Gasteiger charge is -2.30. The van der Waals surface area contributed by atoms with E-state index in [0.29, 0.717) is 31.9 Å². The molecule has 1 saturated heterocycles. The number of ether oxygens (including phenoxy) is 1. The summed E-state index contributed by atoms with van der Waals surface area (Å²) in [6, 6.07) is 3.66. The lowest BCUT2D eigenvalue weighted by molar-refractivity contribution is 0.0777. The molecule has 1 aromatic heterocycles. The number of pyridine rings is 1. The highest BCUT2D eigenvalue weighted by molar-refractivity contribution is 5.99. The van der Waals surface area contributed by atoms with Gasteiger partial charge >= 0.3 is 0 Å². The molecule has 0 saturated carbocycles. The predicted molar refractivity (Wildman–Crippen MR) is 83.7 cm³/mol. The topological polar surface area (TPSA) is 45.7 Å². The summed E-state index contributed by atoms with van der Waals surface area (Å²) in [6.07, 6.45) is 1.73. The van der Waals surface area contributed by atoms with Crippen molar-refractivity contribution < 1.29 is 9.53 Å². The number of amides is 1. The van der Waals surface area contributed by atoms with E-state index < -0.39 is 0 Å². The SMILES string of the molecule is C=C(C)CN(CC)C(=O)c1cccnc1N1CCOCC1. The highest BCUT2D eigenvalue weighted by Crippen LogP contribution is 2.20. The van der Waals surface area contributed by atoms with E-state index in [1.165, 1.54) is 0 Å². The summed E-state index contributed by atoms with van der Waals surface area (Å²) in [4.78, 5) is 21.1. The molecule has 0 spiro atoms. The van der Waals surface area contributed by atoms with E-state index in [1.54, 1.807) is 11.1 Å². The van der Waals surface area contributed by atoms with E-state index in [4.69, 9.17) is 4.74 Å². The van der Waals surface area contributed by atoms with Crippen LogP contribution in [-0.4, -0.2) is 55.2 Å². The van der Waals surface area contributed by atoms with Crippen molar-refractivity contribution in [1.82, 2.24) is 9.88 Å². The standard InChI is InChI=1S/C16H23N3O2/c1-4-18(12-13(2)3)16(20)14-6-5-7-17-15(14)19-8-10-21-11-9-19/h5-7H,2,4,8-12H2,1,3H3. The van der Waals surface area contributed by atoms with Crippen LogP contribution in [0.1, 0.15) is 24.2 Å². The van der Waals surface area contributed by atoms with Crippen LogP contribution >= 0.6 is 0 Å². The van der Waals surface area contributed by atoms with Crippen LogP contribution in [0, 0.1) is 0 Å². The number of hydrogen-bond donors (Lipinski definition) is 0. The van der Waals surface area contributed by atoms with Crippen LogP contribution in [0.4, 0.5) is 5.82 Å². The molecule has 21 heavy (non-hydrogen) atoms. The van der Waals surface area contributed by atoms with Gasteiger partial charge in [0.2, 0.25) is 0 Å². The van der Waals surface area contributed by atoms with Gasteiger partial charge in [0, 0.05) is 32.4 Å². The van der Waals surface area contributed by atoms with Crippen molar-refractivity contribution in [3.8, 4) is 0 Å². The maximum atomic E-state index is 12.8. The second kappa shape index (κ2) is 7.22. The highest BCUT2D eigenvalue weighted by atomic mass is 16.5. The van der Waals surface area contributed by atoms with Crippen LogP contribution in [0.2, 0.25) is 0 Å². The van der Waals surface area contributed by atoms with Crippen molar-refractivity contribution in [3.05, 3.63) is 36.0 Å². The fourth-order valence-electron chi connectivity index (χ4n) is 2.41. The third-order valence-corrected chi connectivity index (χ3v) is 3.46. The van der Waals surface area contributed by atoms with Gasteiger partial charge in [-0.2, -0.15) is 0 Å². The number of anilines is 1. The first-order valence-electron chi connectivity index (χ1n) is 7.34. The summed E-state index contributed by atoms with van der Waals surface area (Å²) < 4.78 is 5.37. The van der Waals surface area contributed by atoms with Gasteiger partial charge < -0.3 is 14.5 Å². The van der Waals surface area contributed by atoms with Gasteiger partial charge in [-0.1, -0.05) is 12.2 Å². The van der Waals surface area contributed by atoms with Crippen LogP contribution < -0.4 is 4.90 Å². The van der Waals surface area contributed by atoms with E-state index in [0.717, 1.165) is 24.5 Å². The zero-order valence-corrected chi connectivity index (χ0v) is 12.8. The summed E-state index contributed by atoms with van der Waals surface area (Å²) in [5.41, 5.74) is 1.63. The summed E-state index contributed by atoms with van der Waals surface area (Å²) >= 11 is 0. The lowest BCUT2D eigenvalue weighted by atomic mass is 10.2. The minimum Gasteiger partial charge on any atom is -0.378 e. The molecular formula is C16H23N3O2. The van der Waals surface area contributed by atoms with Gasteiger partial charge in [0.15, 0.2) is 0 Å². The molecule has 0 radical (unpaired) electrons. The van der Waals surface area contributed by atoms with Crippen LogP contribution in [0.25, 0.3) is 0 Å². The van der Waals surface area contributed by atoms with E-state index in [9.17, 15) is 4.79 Å². The van der Waals surface area contributed by atoms with E-state index in [2.05, 4.69) is 16.5 Å². The van der Waals surface area contributed by atoms with Crippen molar-refractivity contribution in [1.29, 1.82) is 0 Å². The summed E-state index contributed by atoms with van der Waals surface area (Å²) in [7, 11) is 0. The molecule has 0 aliphatic carbocycles. The quantitative estimate of drug-likeness (QED) is 0.777. The van der Waals surface area contributed by atoms with Gasteiger partial charge in [0.1, 0.15) is 5.82 Å². The van der Waals surface area contributed by atoms with Crippen LogP contribution in [0.3, 0.4) is 0 Å². The highest BCUT2D eigenvalue weighted by Gasteiger charge is 2.22. The number of nitrogens with zero attached hydrogens (tertiary/aromatic N) is 3. The minimum absolute atomic E-state index is 0.00934. The van der Waals surface area contributed by atoms with Gasteiger partial charge in [-0.05, 0) is 26.0 Å². The van der Waals surface area contributed by atoms with Crippen LogP contribution in [0.5, 0.6) is 0 Å². The Morgan fingerprint density at radius 3 is 2.81 bits per heavy atom. The number of rotatable bonds is 5. The molecule has 1 aromatic rings. The molecule has 5 heteroatoms. The number of carbonyl (C=O) groups is 1. The van der Waals surface area contributed by atoms with Crippen molar-refractivity contribution in [2.24, 2.45) is 0 Å². The molecule has 2 heterocycles. The molecule has 0 N–H and O–H groups in total. The van der Waals surface area contributed by atoms with Gasteiger partial charge in [-0.15, -0.1) is 0 Å². The largest absolute Gasteiger partial charge is 0.378 e. The first-order chi connectivity index (χ1) is 10.1. The molecule has 0 atom stereocenters. The Balaban J connectivity index is 2.25. The predicted octanol–water partition coefficient (Wildman–Crippen LogP) is 1.96. The first-order valence-corrected chi connectivity index (χ1v) is 7.34. The maximum absolute atomic E-state index is 12.8. The molecule has 1 amide bonds. The Hall–Kier alpha value is -1.88. The van der Waals surface area contributed by atoms with Crippen molar-refractivity contribution in [2.45, 2.75) is 13.8 Å². The average Bonchev–Trinajstić information content (AvgIpc) is 2.52. The van der Waals surface area contributed by atoms with Gasteiger partial charge in [-0.3, -0.25) is 4.79 Å². The molecule has 1 aliphatic heterocycles. The number of likely N-dealkylation sites (N-methyl/N-ethyl adjacent to an activating group) is 1. The first kappa shape index (κ1) is 15.5. The molecule has 114 valence electrons. The second-order valence-electron chi connectivity index (χ2n) is 5.25. The van der Waals surface area contributed by atoms with Crippen LogP contribution in [-0.2, 0) is 4.74 Å². The number of carbonyl (C=O) groups excluding carboxylic acids is 1. The Labute approximate surface area is 126 Å². The van der Waals surface area contributed by atoms with Crippen LogP contribution in [0.15, 0.2) is 30.5 Å². The minimum atomic E-state index is 0.00934. The van der Waals surface area contributed by atoms with E-state index in [-0.39, 0.29) is 5.91 Å². The zero-order valence-electron chi connectivity index (χ0n) is 12.8. The molecule has 0 bridgehead atoms. The van der Waals surface area contributed by atoms with Crippen molar-refractivity contribution in [3.63, 3.8) is 0 Å². The van der Waals surface area contributed by atoms with E-state index in [1.807, 2.05) is 26.0 Å². The molecule has 1 fully saturated rings. The average molecular weight is 289 g/mol. The fraction of sp³-hybridized carbons (Fsp3) is 0.500. The molecule has 5 nitrogen and oxygen atoms in total. The smallest absolute Gasteiger partial charge is 0.257 e. The summed E-state index contributed by atoms with van der Waals surface area (Å²) in [5.74, 6) is 0.765. The number of aromatic nitrogens is 1. The fourth-order valence-corrected chi connectivity index (χ4v) is 2.41.